The molecule has 6 rings (SSSR count). The Kier molecular flexibility index (Phi) is 10.3. The van der Waals surface area contributed by atoms with Gasteiger partial charge in [0.25, 0.3) is 0 Å². The maximum Gasteiger partial charge on any atom is 0.353 e. The van der Waals surface area contributed by atoms with E-state index in [0.717, 1.165) is 0 Å². The molecule has 0 fully saturated rings. The molecule has 45 heavy (non-hydrogen) atoms. The van der Waals surface area contributed by atoms with E-state index in [1.165, 1.54) is 33.9 Å². The van der Waals surface area contributed by atoms with Crippen molar-refractivity contribution >= 4 is 23.0 Å². The Morgan fingerprint density at radius 2 is 0.911 bits per heavy atom. The minimum Gasteiger partial charge on any atom is -0.710 e. The Morgan fingerprint density at radius 3 is 1.27 bits per heavy atom. The van der Waals surface area contributed by atoms with E-state index < -0.39 is 0 Å². The molecule has 0 spiro atoms. The maximum absolute atomic E-state index is 11.5. The second-order valence-corrected chi connectivity index (χ2v) is 9.18. The van der Waals surface area contributed by atoms with Gasteiger partial charge in [0, 0.05) is 29.2 Å². The minimum atomic E-state index is -0.124. The van der Waals surface area contributed by atoms with Gasteiger partial charge in [0.15, 0.2) is 11.4 Å². The first-order valence-corrected chi connectivity index (χ1v) is 13.2. The molecule has 2 aromatic carbocycles. The third-order valence-corrected chi connectivity index (χ3v) is 6.12. The molecule has 0 saturated carbocycles. The Hall–Kier alpha value is -5.92. The van der Waals surface area contributed by atoms with Gasteiger partial charge in [-0.15, -0.1) is 0 Å². The molecule has 0 saturated heterocycles. The van der Waals surface area contributed by atoms with E-state index in [1.54, 1.807) is 38.1 Å². The SMILES string of the molecule is Cc1nn(-c2ccccc2)c(O)c1N=Nc1cccc[n+]1[O-].Cc1nn(-c2ccccc2)c(O)c1N=Nc1cccc[n+]1[O-].[Cu]. The Balaban J connectivity index is 0.000000200. The van der Waals surface area contributed by atoms with E-state index in [4.69, 9.17) is 0 Å². The van der Waals surface area contributed by atoms with Crippen LogP contribution in [0.15, 0.2) is 130 Å². The van der Waals surface area contributed by atoms with Gasteiger partial charge in [0.1, 0.15) is 0 Å². The van der Waals surface area contributed by atoms with E-state index in [9.17, 15) is 20.6 Å². The van der Waals surface area contributed by atoms with Gasteiger partial charge >= 0.3 is 11.6 Å². The average molecular weight is 654 g/mol. The Labute approximate surface area is 267 Å². The summed E-state index contributed by atoms with van der Waals surface area (Å²) in [7, 11) is 0. The standard InChI is InChI=1S/2C15H13N5O2.Cu/c2*1-11-14(17-16-13-9-5-6-10-19(13)22)15(21)20(18-11)12-7-3-2-4-8-12;/h2*2-10,21H,1H3;. The number of pyridine rings is 2. The molecule has 0 atom stereocenters. The molecule has 0 amide bonds. The second kappa shape index (κ2) is 14.5. The van der Waals surface area contributed by atoms with Crippen molar-refractivity contribution in [3.05, 3.63) is 131 Å². The normalized spacial score (nSPS) is 10.9. The molecule has 15 heteroatoms. The first-order valence-electron chi connectivity index (χ1n) is 13.2. The second-order valence-electron chi connectivity index (χ2n) is 9.18. The van der Waals surface area contributed by atoms with E-state index in [-0.39, 0.29) is 51.8 Å². The predicted octanol–water partition coefficient (Wildman–Crippen LogP) is 5.87. The molecule has 0 aliphatic heterocycles. The summed E-state index contributed by atoms with van der Waals surface area (Å²) in [6, 6.07) is 28.0. The van der Waals surface area contributed by atoms with Gasteiger partial charge in [-0.05, 0) is 60.5 Å². The van der Waals surface area contributed by atoms with Crippen LogP contribution in [0.4, 0.5) is 23.0 Å². The number of benzene rings is 2. The fraction of sp³-hybridized carbons (Fsp3) is 0.0667. The Morgan fingerprint density at radius 1 is 0.556 bits per heavy atom. The summed E-state index contributed by atoms with van der Waals surface area (Å²) >= 11 is 0. The summed E-state index contributed by atoms with van der Waals surface area (Å²) in [4.78, 5) is 0. The minimum absolute atomic E-state index is 0. The Bertz CT molecular complexity index is 1800. The number of hydrogen-bond donors (Lipinski definition) is 2. The molecule has 0 unspecified atom stereocenters. The third kappa shape index (κ3) is 7.36. The van der Waals surface area contributed by atoms with Crippen molar-refractivity contribution in [1.82, 2.24) is 19.6 Å². The summed E-state index contributed by atoms with van der Waals surface area (Å²) < 4.78 is 3.94. The molecule has 0 aliphatic carbocycles. The number of para-hydroxylation sites is 2. The van der Waals surface area contributed by atoms with Crippen LogP contribution in [-0.2, 0) is 17.1 Å². The summed E-state index contributed by atoms with van der Waals surface area (Å²) in [5.41, 5.74) is 2.91. The fourth-order valence-electron chi connectivity index (χ4n) is 3.94. The van der Waals surface area contributed by atoms with Crippen molar-refractivity contribution in [2.24, 2.45) is 20.5 Å². The van der Waals surface area contributed by atoms with Crippen molar-refractivity contribution < 1.29 is 36.7 Å². The molecular weight excluding hydrogens is 628 g/mol. The van der Waals surface area contributed by atoms with Crippen LogP contribution in [0.5, 0.6) is 11.8 Å². The van der Waals surface area contributed by atoms with Crippen molar-refractivity contribution in [2.45, 2.75) is 13.8 Å². The van der Waals surface area contributed by atoms with Gasteiger partial charge in [-0.3, -0.25) is 0 Å². The molecule has 231 valence electrons. The third-order valence-electron chi connectivity index (χ3n) is 6.12. The zero-order valence-corrected chi connectivity index (χ0v) is 24.8. The van der Waals surface area contributed by atoms with Crippen LogP contribution in [0.25, 0.3) is 11.4 Å². The molecule has 0 aliphatic rings. The van der Waals surface area contributed by atoms with Crippen molar-refractivity contribution in [2.75, 3.05) is 0 Å². The number of hydrogen-bond acceptors (Lipinski definition) is 10. The van der Waals surface area contributed by atoms with Gasteiger partial charge in [0.2, 0.25) is 11.8 Å². The van der Waals surface area contributed by atoms with E-state index in [0.29, 0.717) is 32.2 Å². The molecule has 2 N–H and O–H groups in total. The van der Waals surface area contributed by atoms with Crippen LogP contribution >= 0.6 is 0 Å². The van der Waals surface area contributed by atoms with Crippen molar-refractivity contribution in [1.29, 1.82) is 0 Å². The zero-order chi connectivity index (χ0) is 31.1. The predicted molar refractivity (Wildman–Crippen MR) is 159 cm³/mol. The van der Waals surface area contributed by atoms with Crippen LogP contribution in [0.2, 0.25) is 0 Å². The van der Waals surface area contributed by atoms with Gasteiger partial charge in [-0.2, -0.15) is 19.6 Å². The number of rotatable bonds is 6. The van der Waals surface area contributed by atoms with Crippen molar-refractivity contribution in [3.8, 4) is 23.1 Å². The summed E-state index contributed by atoms with van der Waals surface area (Å²) in [6.45, 7) is 3.42. The number of nitrogens with zero attached hydrogens (tertiary/aromatic N) is 10. The summed E-state index contributed by atoms with van der Waals surface area (Å²) in [5, 5.41) is 67.7. The zero-order valence-electron chi connectivity index (χ0n) is 23.9. The van der Waals surface area contributed by atoms with E-state index in [2.05, 4.69) is 30.7 Å². The van der Waals surface area contributed by atoms with Crippen LogP contribution in [0, 0.1) is 24.3 Å². The summed E-state index contributed by atoms with van der Waals surface area (Å²) in [6.07, 6.45) is 2.66. The molecule has 4 heterocycles. The first kappa shape index (κ1) is 32.0. The van der Waals surface area contributed by atoms with Gasteiger partial charge in [-0.1, -0.05) is 48.5 Å². The van der Waals surface area contributed by atoms with Gasteiger partial charge in [-0.25, -0.2) is 9.46 Å². The summed E-state index contributed by atoms with van der Waals surface area (Å²) in [5.74, 6) is 0.0178. The molecular formula is C30H26CuN10O4. The molecule has 0 bridgehead atoms. The van der Waals surface area contributed by atoms with Gasteiger partial charge in [0.05, 0.1) is 45.4 Å². The van der Waals surface area contributed by atoms with Gasteiger partial charge < -0.3 is 20.6 Å². The topological polar surface area (TPSA) is 179 Å². The fourth-order valence-corrected chi connectivity index (χ4v) is 3.94. The van der Waals surface area contributed by atoms with Crippen LogP contribution in [0.3, 0.4) is 0 Å². The average Bonchev–Trinajstić information content (AvgIpc) is 3.50. The maximum atomic E-state index is 11.5. The molecule has 4 aromatic heterocycles. The monoisotopic (exact) mass is 653 g/mol. The number of aromatic nitrogens is 6. The van der Waals surface area contributed by atoms with Crippen LogP contribution in [0.1, 0.15) is 11.4 Å². The smallest absolute Gasteiger partial charge is 0.353 e. The molecule has 1 radical (unpaired) electrons. The number of aryl methyl sites for hydroxylation is 2. The number of aromatic hydroxyl groups is 2. The number of azo groups is 2. The quantitative estimate of drug-likeness (QED) is 0.0982. The molecule has 14 nitrogen and oxygen atoms in total. The van der Waals surface area contributed by atoms with Crippen LogP contribution < -0.4 is 9.46 Å². The van der Waals surface area contributed by atoms with Crippen LogP contribution in [-0.4, -0.2) is 29.8 Å². The largest absolute Gasteiger partial charge is 0.710 e. The first-order chi connectivity index (χ1) is 21.3. The van der Waals surface area contributed by atoms with E-state index >= 15 is 0 Å². The molecule has 6 aromatic rings. The van der Waals surface area contributed by atoms with Crippen molar-refractivity contribution in [3.63, 3.8) is 0 Å². The van der Waals surface area contributed by atoms with E-state index in [1.807, 2.05) is 60.7 Å².